The Kier molecular flexibility index (Phi) is 4.61. The fourth-order valence-electron chi connectivity index (χ4n) is 8.19. The first-order valence-electron chi connectivity index (χ1n) is 15.1. The van der Waals surface area contributed by atoms with Gasteiger partial charge in [0.2, 0.25) is 0 Å². The van der Waals surface area contributed by atoms with Crippen molar-refractivity contribution in [2.75, 3.05) is 14.2 Å². The molecule has 6 aromatic carbocycles. The first kappa shape index (κ1) is 23.9. The van der Waals surface area contributed by atoms with Gasteiger partial charge in [0.05, 0.1) is 14.2 Å². The van der Waals surface area contributed by atoms with E-state index in [-0.39, 0.29) is 0 Å². The smallest absolute Gasteiger partial charge is 0.118 e. The molecule has 206 valence electrons. The molecule has 0 aliphatic heterocycles. The zero-order valence-corrected chi connectivity index (χ0v) is 24.4. The average molecular weight is 563 g/mol. The van der Waals surface area contributed by atoms with Crippen LogP contribution in [0.15, 0.2) is 121 Å². The summed E-state index contributed by atoms with van der Waals surface area (Å²) in [5.41, 5.74) is 5.03. The maximum atomic E-state index is 5.59. The molecule has 0 aromatic heterocycles. The molecule has 0 heterocycles. The van der Waals surface area contributed by atoms with Crippen molar-refractivity contribution < 1.29 is 9.47 Å². The Morgan fingerprint density at radius 2 is 0.682 bits per heavy atom. The second-order valence-corrected chi connectivity index (χ2v) is 11.9. The molecule has 10 rings (SSSR count). The topological polar surface area (TPSA) is 18.5 Å². The van der Waals surface area contributed by atoms with Crippen LogP contribution in [-0.2, 0) is 0 Å². The zero-order chi connectivity index (χ0) is 29.1. The Labute approximate surface area is 253 Å². The number of ether oxygens (including phenoxy) is 2. The number of hydrogen-bond acceptors (Lipinski definition) is 2. The quantitative estimate of drug-likeness (QED) is 0.212. The molecule has 4 aliphatic rings. The van der Waals surface area contributed by atoms with Gasteiger partial charge in [-0.05, 0) is 121 Å². The molecule has 2 heteroatoms. The van der Waals surface area contributed by atoms with Crippen molar-refractivity contribution in [3.8, 4) is 33.8 Å². The zero-order valence-electron chi connectivity index (χ0n) is 24.4. The third-order valence-electron chi connectivity index (χ3n) is 9.89. The van der Waals surface area contributed by atoms with Crippen LogP contribution in [0.3, 0.4) is 0 Å². The number of fused-ring (bicyclic) bond motifs is 7. The number of benzene rings is 6. The van der Waals surface area contributed by atoms with Gasteiger partial charge in [-0.2, -0.15) is 0 Å². The lowest BCUT2D eigenvalue weighted by Gasteiger charge is -2.07. The summed E-state index contributed by atoms with van der Waals surface area (Å²) < 4.78 is 11.2. The molecule has 6 aromatic rings. The highest BCUT2D eigenvalue weighted by molar-refractivity contribution is 6.25. The van der Waals surface area contributed by atoms with Gasteiger partial charge in [0.25, 0.3) is 0 Å². The molecule has 4 aliphatic carbocycles. The highest BCUT2D eigenvalue weighted by Crippen LogP contribution is 2.51. The van der Waals surface area contributed by atoms with E-state index >= 15 is 0 Å². The Bertz CT molecular complexity index is 2610. The van der Waals surface area contributed by atoms with Gasteiger partial charge in [0, 0.05) is 0 Å². The van der Waals surface area contributed by atoms with E-state index in [0.717, 1.165) is 11.5 Å². The molecule has 0 saturated carbocycles. The summed E-state index contributed by atoms with van der Waals surface area (Å²) in [5, 5.41) is 18.6. The molecule has 0 atom stereocenters. The van der Waals surface area contributed by atoms with E-state index in [4.69, 9.17) is 9.47 Å². The third-order valence-corrected chi connectivity index (χ3v) is 9.89. The molecule has 0 amide bonds. The first-order valence-corrected chi connectivity index (χ1v) is 15.1. The predicted molar refractivity (Wildman–Crippen MR) is 182 cm³/mol. The first-order chi connectivity index (χ1) is 21.8. The van der Waals surface area contributed by atoms with Crippen LogP contribution in [0.25, 0.3) is 76.1 Å². The monoisotopic (exact) mass is 562 g/mol. The van der Waals surface area contributed by atoms with Crippen molar-refractivity contribution in [2.24, 2.45) is 0 Å². The molecule has 0 saturated heterocycles. The third kappa shape index (κ3) is 2.86. The van der Waals surface area contributed by atoms with Crippen molar-refractivity contribution in [3.05, 3.63) is 142 Å². The SMILES string of the molecule is COc1ccc(-c2c3c4cccc5cccc(c=3c3c(-c6ccc(OC)cc6)c6c7cccc8cccc(c=6c23)c87)c54)cc1. The summed E-state index contributed by atoms with van der Waals surface area (Å²) in [6.07, 6.45) is 0. The van der Waals surface area contributed by atoms with Crippen molar-refractivity contribution in [3.63, 3.8) is 0 Å². The van der Waals surface area contributed by atoms with E-state index in [1.165, 1.54) is 97.0 Å². The van der Waals surface area contributed by atoms with Crippen molar-refractivity contribution in [1.29, 1.82) is 0 Å². The molecule has 0 radical (unpaired) electrons. The maximum absolute atomic E-state index is 5.59. The summed E-state index contributed by atoms with van der Waals surface area (Å²) in [6, 6.07) is 44.3. The lowest BCUT2D eigenvalue weighted by molar-refractivity contribution is 0.415. The van der Waals surface area contributed by atoms with Gasteiger partial charge in [-0.15, -0.1) is 0 Å². The normalized spacial score (nSPS) is 12.3. The Balaban J connectivity index is 1.56. The molecule has 0 fully saturated rings. The fourth-order valence-corrected chi connectivity index (χ4v) is 8.19. The van der Waals surface area contributed by atoms with Gasteiger partial charge in [-0.1, -0.05) is 97.1 Å². The summed E-state index contributed by atoms with van der Waals surface area (Å²) in [7, 11) is 3.46. The van der Waals surface area contributed by atoms with Gasteiger partial charge in [0.1, 0.15) is 11.5 Å². The Hall–Kier alpha value is -5.60. The maximum Gasteiger partial charge on any atom is 0.118 e. The minimum atomic E-state index is 0.863. The van der Waals surface area contributed by atoms with E-state index in [9.17, 15) is 0 Å². The molecule has 0 N–H and O–H groups in total. The largest absolute Gasteiger partial charge is 0.497 e. The molecule has 0 bridgehead atoms. The van der Waals surface area contributed by atoms with E-state index in [0.29, 0.717) is 0 Å². The van der Waals surface area contributed by atoms with Crippen LogP contribution in [0.2, 0.25) is 0 Å². The summed E-state index contributed by atoms with van der Waals surface area (Å²) in [4.78, 5) is 0. The number of hydrogen-bond donors (Lipinski definition) is 0. The van der Waals surface area contributed by atoms with Gasteiger partial charge in [0.15, 0.2) is 0 Å². The number of methoxy groups -OCH3 is 2. The van der Waals surface area contributed by atoms with Crippen molar-refractivity contribution in [1.82, 2.24) is 0 Å². The highest BCUT2D eigenvalue weighted by atomic mass is 16.5. The van der Waals surface area contributed by atoms with Crippen LogP contribution in [0.5, 0.6) is 11.5 Å². The van der Waals surface area contributed by atoms with Crippen molar-refractivity contribution >= 4 is 53.9 Å². The van der Waals surface area contributed by atoms with Gasteiger partial charge in [-0.25, -0.2) is 0 Å². The fraction of sp³-hybridized carbons (Fsp3) is 0.0476. The van der Waals surface area contributed by atoms with Crippen LogP contribution in [0, 0.1) is 20.9 Å². The summed E-state index contributed by atoms with van der Waals surface area (Å²) >= 11 is 0. The molecule has 0 spiro atoms. The van der Waals surface area contributed by atoms with Gasteiger partial charge >= 0.3 is 0 Å². The van der Waals surface area contributed by atoms with Crippen LogP contribution >= 0.6 is 0 Å². The van der Waals surface area contributed by atoms with Gasteiger partial charge < -0.3 is 9.47 Å². The Morgan fingerprint density at radius 1 is 0.341 bits per heavy atom. The highest BCUT2D eigenvalue weighted by Gasteiger charge is 2.27. The predicted octanol–water partition coefficient (Wildman–Crippen LogP) is 10.6. The Morgan fingerprint density at radius 3 is 1.02 bits per heavy atom. The van der Waals surface area contributed by atoms with E-state index in [1.807, 2.05) is 0 Å². The van der Waals surface area contributed by atoms with Crippen LogP contribution in [-0.4, -0.2) is 14.2 Å². The summed E-state index contributed by atoms with van der Waals surface area (Å²) in [5.74, 6) is 1.73. The average Bonchev–Trinajstić information content (AvgIpc) is 3.79. The molecular formula is C42H26O2. The number of rotatable bonds is 4. The van der Waals surface area contributed by atoms with Crippen LogP contribution in [0.4, 0.5) is 0 Å². The van der Waals surface area contributed by atoms with E-state index < -0.39 is 0 Å². The minimum Gasteiger partial charge on any atom is -0.497 e. The standard InChI is InChI=1S/C42H26O2/c1-43-27-19-15-25(16-20-27)35-37-29-11-3-7-23-9-5-13-31(33(23)29)39(37)42-36(26-17-21-28(44-2)22-18-26)38-30-12-4-8-24-10-6-14-32(34(24)30)40(38)41(35)42/h3-22H,1-2H3. The van der Waals surface area contributed by atoms with Crippen LogP contribution in [0.1, 0.15) is 0 Å². The molecule has 2 nitrogen and oxygen atoms in total. The van der Waals surface area contributed by atoms with Gasteiger partial charge in [-0.3, -0.25) is 0 Å². The van der Waals surface area contributed by atoms with Crippen molar-refractivity contribution in [2.45, 2.75) is 0 Å². The van der Waals surface area contributed by atoms with Crippen LogP contribution < -0.4 is 9.47 Å². The molecular weight excluding hydrogens is 536 g/mol. The lowest BCUT2D eigenvalue weighted by atomic mass is 9.97. The second-order valence-electron chi connectivity index (χ2n) is 11.9. The minimum absolute atomic E-state index is 0.863. The van der Waals surface area contributed by atoms with E-state index in [1.54, 1.807) is 14.2 Å². The second kappa shape index (κ2) is 8.49. The molecule has 44 heavy (non-hydrogen) atoms. The molecule has 0 unspecified atom stereocenters. The lowest BCUT2D eigenvalue weighted by Crippen LogP contribution is -1.84. The van der Waals surface area contributed by atoms with E-state index in [2.05, 4.69) is 121 Å². The summed E-state index contributed by atoms with van der Waals surface area (Å²) in [6.45, 7) is 0.